The highest BCUT2D eigenvalue weighted by Crippen LogP contribution is 2.08. The topological polar surface area (TPSA) is 31.1 Å². The Bertz CT molecular complexity index is 256. The Labute approximate surface area is 85.5 Å². The maximum atomic E-state index is 3.58. The van der Waals surface area contributed by atoms with Crippen LogP contribution in [0, 0.1) is 0 Å². The lowest BCUT2D eigenvalue weighted by molar-refractivity contribution is 0.226. The van der Waals surface area contributed by atoms with Crippen LogP contribution in [0.5, 0.6) is 0 Å². The molecule has 0 spiro atoms. The van der Waals surface area contributed by atoms with Crippen molar-refractivity contribution in [1.29, 1.82) is 0 Å². The minimum absolute atomic E-state index is 0.664. The van der Waals surface area contributed by atoms with Gasteiger partial charge in [0.15, 0.2) is 0 Å². The van der Waals surface area contributed by atoms with E-state index < -0.39 is 0 Å². The van der Waals surface area contributed by atoms with E-state index in [1.165, 1.54) is 31.6 Å². The van der Waals surface area contributed by atoms with E-state index in [0.29, 0.717) is 6.04 Å². The molecule has 2 heterocycles. The minimum atomic E-state index is 0.664. The molecule has 1 atom stereocenters. The maximum Gasteiger partial charge on any atom is 0.0360 e. The quantitative estimate of drug-likeness (QED) is 0.755. The summed E-state index contributed by atoms with van der Waals surface area (Å²) in [5.74, 6) is 0. The van der Waals surface area contributed by atoms with Crippen molar-refractivity contribution in [3.63, 3.8) is 0 Å². The van der Waals surface area contributed by atoms with Crippen LogP contribution in [0.4, 0.5) is 0 Å². The van der Waals surface area contributed by atoms with Crippen molar-refractivity contribution in [3.05, 3.63) is 24.0 Å². The Morgan fingerprint density at radius 2 is 2.57 bits per heavy atom. The number of H-pyrrole nitrogens is 1. The van der Waals surface area contributed by atoms with E-state index in [4.69, 9.17) is 0 Å². The summed E-state index contributed by atoms with van der Waals surface area (Å²) in [5, 5.41) is 3.58. The van der Waals surface area contributed by atoms with Gasteiger partial charge >= 0.3 is 0 Å². The van der Waals surface area contributed by atoms with Crippen LogP contribution in [-0.2, 0) is 6.54 Å². The van der Waals surface area contributed by atoms with Crippen molar-refractivity contribution < 1.29 is 0 Å². The molecular formula is C11H19N3. The summed E-state index contributed by atoms with van der Waals surface area (Å²) in [4.78, 5) is 5.61. The Morgan fingerprint density at radius 3 is 3.29 bits per heavy atom. The molecule has 1 aliphatic heterocycles. The van der Waals surface area contributed by atoms with Gasteiger partial charge in [-0.25, -0.2) is 0 Å². The van der Waals surface area contributed by atoms with Crippen LogP contribution in [0.25, 0.3) is 0 Å². The van der Waals surface area contributed by atoms with Crippen LogP contribution in [-0.4, -0.2) is 36.1 Å². The molecule has 0 amide bonds. The average molecular weight is 193 g/mol. The van der Waals surface area contributed by atoms with Gasteiger partial charge in [0.25, 0.3) is 0 Å². The third-order valence-electron chi connectivity index (χ3n) is 2.87. The zero-order valence-corrected chi connectivity index (χ0v) is 8.79. The molecule has 1 aromatic heterocycles. The molecular weight excluding hydrogens is 174 g/mol. The van der Waals surface area contributed by atoms with Gasteiger partial charge in [-0.2, -0.15) is 0 Å². The second-order valence-electron chi connectivity index (χ2n) is 4.18. The van der Waals surface area contributed by atoms with Gasteiger partial charge in [0, 0.05) is 31.0 Å². The van der Waals surface area contributed by atoms with E-state index in [9.17, 15) is 0 Å². The average Bonchev–Trinajstić information content (AvgIpc) is 2.67. The molecule has 2 N–H and O–H groups in total. The van der Waals surface area contributed by atoms with Crippen LogP contribution in [0.1, 0.15) is 18.5 Å². The normalized spacial score (nSPS) is 23.9. The van der Waals surface area contributed by atoms with Gasteiger partial charge in [0.05, 0.1) is 0 Å². The molecule has 0 radical (unpaired) electrons. The highest BCUT2D eigenvalue weighted by molar-refractivity contribution is 5.03. The number of aromatic amines is 1. The van der Waals surface area contributed by atoms with E-state index in [1.54, 1.807) is 0 Å². The molecule has 0 saturated carbocycles. The van der Waals surface area contributed by atoms with Crippen LogP contribution in [0.3, 0.4) is 0 Å². The SMILES string of the molecule is CN1CCCC(NCc2ccc[nH]2)C1. The fourth-order valence-electron chi connectivity index (χ4n) is 2.06. The smallest absolute Gasteiger partial charge is 0.0360 e. The van der Waals surface area contributed by atoms with Gasteiger partial charge in [-0.3, -0.25) is 0 Å². The number of nitrogens with zero attached hydrogens (tertiary/aromatic N) is 1. The van der Waals surface area contributed by atoms with Crippen molar-refractivity contribution in [2.24, 2.45) is 0 Å². The van der Waals surface area contributed by atoms with Crippen LogP contribution >= 0.6 is 0 Å². The number of hydrogen-bond donors (Lipinski definition) is 2. The largest absolute Gasteiger partial charge is 0.364 e. The fourth-order valence-corrected chi connectivity index (χ4v) is 2.06. The molecule has 0 aliphatic carbocycles. The molecule has 0 bridgehead atoms. The van der Waals surface area contributed by atoms with Crippen molar-refractivity contribution >= 4 is 0 Å². The highest BCUT2D eigenvalue weighted by Gasteiger charge is 2.15. The Morgan fingerprint density at radius 1 is 1.64 bits per heavy atom. The van der Waals surface area contributed by atoms with E-state index >= 15 is 0 Å². The summed E-state index contributed by atoms with van der Waals surface area (Å²) in [7, 11) is 2.20. The van der Waals surface area contributed by atoms with E-state index in [2.05, 4.69) is 28.3 Å². The van der Waals surface area contributed by atoms with Crippen LogP contribution in [0.15, 0.2) is 18.3 Å². The van der Waals surface area contributed by atoms with Gasteiger partial charge in [0.2, 0.25) is 0 Å². The first-order valence-electron chi connectivity index (χ1n) is 5.39. The van der Waals surface area contributed by atoms with Gasteiger partial charge in [-0.05, 0) is 38.6 Å². The lowest BCUT2D eigenvalue weighted by Gasteiger charge is -2.30. The number of rotatable bonds is 3. The second kappa shape index (κ2) is 4.62. The minimum Gasteiger partial charge on any atom is -0.364 e. The second-order valence-corrected chi connectivity index (χ2v) is 4.18. The molecule has 2 rings (SSSR count). The zero-order valence-electron chi connectivity index (χ0n) is 8.79. The zero-order chi connectivity index (χ0) is 9.80. The van der Waals surface area contributed by atoms with Gasteiger partial charge in [0.1, 0.15) is 0 Å². The summed E-state index contributed by atoms with van der Waals surface area (Å²) in [5.41, 5.74) is 1.28. The predicted molar refractivity (Wildman–Crippen MR) is 58.2 cm³/mol. The van der Waals surface area contributed by atoms with Crippen molar-refractivity contribution in [2.45, 2.75) is 25.4 Å². The molecule has 14 heavy (non-hydrogen) atoms. The lowest BCUT2D eigenvalue weighted by Crippen LogP contribution is -2.43. The van der Waals surface area contributed by atoms with E-state index in [-0.39, 0.29) is 0 Å². The summed E-state index contributed by atoms with van der Waals surface area (Å²) in [6, 6.07) is 4.83. The first-order chi connectivity index (χ1) is 6.84. The molecule has 1 aromatic rings. The number of nitrogens with one attached hydrogen (secondary N) is 2. The number of aromatic nitrogens is 1. The summed E-state index contributed by atoms with van der Waals surface area (Å²) < 4.78 is 0. The van der Waals surface area contributed by atoms with E-state index in [1.807, 2.05) is 12.3 Å². The molecule has 1 aliphatic rings. The maximum absolute atomic E-state index is 3.58. The predicted octanol–water partition coefficient (Wildman–Crippen LogP) is 1.20. The molecule has 1 saturated heterocycles. The van der Waals surface area contributed by atoms with Crippen molar-refractivity contribution in [3.8, 4) is 0 Å². The van der Waals surface area contributed by atoms with Gasteiger partial charge in [-0.15, -0.1) is 0 Å². The lowest BCUT2D eigenvalue weighted by atomic mass is 10.1. The summed E-state index contributed by atoms with van der Waals surface area (Å²) in [6.07, 6.45) is 4.61. The molecule has 1 fully saturated rings. The number of hydrogen-bond acceptors (Lipinski definition) is 2. The molecule has 1 unspecified atom stereocenters. The molecule has 3 nitrogen and oxygen atoms in total. The fraction of sp³-hybridized carbons (Fsp3) is 0.636. The first kappa shape index (κ1) is 9.74. The third kappa shape index (κ3) is 2.59. The van der Waals surface area contributed by atoms with Crippen LogP contribution in [0.2, 0.25) is 0 Å². The first-order valence-corrected chi connectivity index (χ1v) is 5.39. The standard InChI is InChI=1S/C11H19N3/c1-14-7-3-5-11(9-14)13-8-10-4-2-6-12-10/h2,4,6,11-13H,3,5,7-9H2,1H3. The molecule has 3 heteroatoms. The Hall–Kier alpha value is -0.800. The monoisotopic (exact) mass is 193 g/mol. The number of piperidine rings is 1. The Balaban J connectivity index is 1.75. The number of likely N-dealkylation sites (tertiary alicyclic amines) is 1. The summed E-state index contributed by atoms with van der Waals surface area (Å²) >= 11 is 0. The Kier molecular flexibility index (Phi) is 3.22. The summed E-state index contributed by atoms with van der Waals surface area (Å²) in [6.45, 7) is 3.40. The van der Waals surface area contributed by atoms with Gasteiger partial charge < -0.3 is 15.2 Å². The molecule has 78 valence electrons. The van der Waals surface area contributed by atoms with Crippen molar-refractivity contribution in [2.75, 3.05) is 20.1 Å². The van der Waals surface area contributed by atoms with E-state index in [0.717, 1.165) is 6.54 Å². The van der Waals surface area contributed by atoms with Crippen molar-refractivity contribution in [1.82, 2.24) is 15.2 Å². The molecule has 0 aromatic carbocycles. The van der Waals surface area contributed by atoms with Gasteiger partial charge in [-0.1, -0.05) is 0 Å². The highest BCUT2D eigenvalue weighted by atomic mass is 15.1. The van der Waals surface area contributed by atoms with Crippen LogP contribution < -0.4 is 5.32 Å². The third-order valence-corrected chi connectivity index (χ3v) is 2.87. The number of likely N-dealkylation sites (N-methyl/N-ethyl adjacent to an activating group) is 1.